The van der Waals surface area contributed by atoms with Gasteiger partial charge in [0.1, 0.15) is 6.04 Å². The lowest BCUT2D eigenvalue weighted by atomic mass is 9.93. The van der Waals surface area contributed by atoms with Crippen LogP contribution >= 0.6 is 0 Å². The van der Waals surface area contributed by atoms with Crippen LogP contribution in [0.15, 0.2) is 42.5 Å². The zero-order valence-electron chi connectivity index (χ0n) is 14.9. The fourth-order valence-electron chi connectivity index (χ4n) is 3.75. The molecule has 132 valence electrons. The highest BCUT2D eigenvalue weighted by Gasteiger charge is 2.33. The van der Waals surface area contributed by atoms with E-state index in [-0.39, 0.29) is 5.91 Å². The molecule has 1 atom stereocenters. The van der Waals surface area contributed by atoms with Crippen LogP contribution in [-0.2, 0) is 17.8 Å². The van der Waals surface area contributed by atoms with E-state index >= 15 is 0 Å². The van der Waals surface area contributed by atoms with Crippen LogP contribution in [0.2, 0.25) is 0 Å². The minimum absolute atomic E-state index is 0.163. The SMILES string of the molecule is Cc1[nH]c2ccc(C(=O)N3Cc4ccccc4C[C@@H]3C(N)=O)cc2c1C. The number of rotatable bonds is 2. The van der Waals surface area contributed by atoms with E-state index in [0.717, 1.165) is 33.3 Å². The van der Waals surface area contributed by atoms with Crippen molar-refractivity contribution >= 4 is 22.7 Å². The van der Waals surface area contributed by atoms with Crippen LogP contribution in [0.1, 0.15) is 32.7 Å². The average molecular weight is 347 g/mol. The first-order valence-corrected chi connectivity index (χ1v) is 8.71. The molecule has 0 spiro atoms. The summed E-state index contributed by atoms with van der Waals surface area (Å²) in [4.78, 5) is 30.1. The first-order valence-electron chi connectivity index (χ1n) is 8.71. The van der Waals surface area contributed by atoms with Crippen molar-refractivity contribution in [2.75, 3.05) is 0 Å². The molecule has 5 heteroatoms. The first kappa shape index (κ1) is 16.4. The fourth-order valence-corrected chi connectivity index (χ4v) is 3.75. The Labute approximate surface area is 151 Å². The van der Waals surface area contributed by atoms with Crippen molar-refractivity contribution in [3.05, 3.63) is 70.4 Å². The van der Waals surface area contributed by atoms with E-state index in [0.29, 0.717) is 18.5 Å². The highest BCUT2D eigenvalue weighted by Crippen LogP contribution is 2.27. The fraction of sp³-hybridized carbons (Fsp3) is 0.238. The number of benzene rings is 2. The molecule has 1 aliphatic rings. The van der Waals surface area contributed by atoms with Gasteiger partial charge in [-0.1, -0.05) is 24.3 Å². The van der Waals surface area contributed by atoms with Crippen LogP contribution in [0.4, 0.5) is 0 Å². The van der Waals surface area contributed by atoms with Crippen molar-refractivity contribution in [2.45, 2.75) is 32.9 Å². The molecule has 2 amide bonds. The summed E-state index contributed by atoms with van der Waals surface area (Å²) in [5.41, 5.74) is 11.6. The number of nitrogens with one attached hydrogen (secondary N) is 1. The topological polar surface area (TPSA) is 79.2 Å². The van der Waals surface area contributed by atoms with Crippen LogP contribution in [0.5, 0.6) is 0 Å². The number of aromatic amines is 1. The molecule has 0 saturated heterocycles. The molecule has 1 aliphatic heterocycles. The Morgan fingerprint density at radius 3 is 2.58 bits per heavy atom. The van der Waals surface area contributed by atoms with Gasteiger partial charge in [0.2, 0.25) is 5.91 Å². The molecule has 1 aromatic heterocycles. The minimum Gasteiger partial charge on any atom is -0.368 e. The number of aryl methyl sites for hydroxylation is 2. The molecule has 0 aliphatic carbocycles. The smallest absolute Gasteiger partial charge is 0.254 e. The van der Waals surface area contributed by atoms with Gasteiger partial charge in [-0.05, 0) is 48.7 Å². The van der Waals surface area contributed by atoms with Crippen molar-refractivity contribution in [1.29, 1.82) is 0 Å². The third kappa shape index (κ3) is 2.56. The van der Waals surface area contributed by atoms with Crippen LogP contribution < -0.4 is 5.73 Å². The predicted octanol–water partition coefficient (Wildman–Crippen LogP) is 2.84. The lowest BCUT2D eigenvalue weighted by Crippen LogP contribution is -2.51. The molecule has 2 heterocycles. The molecule has 4 rings (SSSR count). The highest BCUT2D eigenvalue weighted by atomic mass is 16.2. The van der Waals surface area contributed by atoms with E-state index in [1.807, 2.05) is 50.2 Å². The van der Waals surface area contributed by atoms with Crippen molar-refractivity contribution in [1.82, 2.24) is 9.88 Å². The number of carbonyl (C=O) groups is 2. The summed E-state index contributed by atoms with van der Waals surface area (Å²) < 4.78 is 0. The number of hydrogen-bond donors (Lipinski definition) is 2. The van der Waals surface area contributed by atoms with E-state index < -0.39 is 11.9 Å². The predicted molar refractivity (Wildman–Crippen MR) is 101 cm³/mol. The number of aromatic nitrogens is 1. The van der Waals surface area contributed by atoms with Crippen molar-refractivity contribution in [3.63, 3.8) is 0 Å². The lowest BCUT2D eigenvalue weighted by Gasteiger charge is -2.35. The van der Waals surface area contributed by atoms with Crippen LogP contribution in [-0.4, -0.2) is 27.7 Å². The second kappa shape index (κ2) is 6.02. The number of hydrogen-bond acceptors (Lipinski definition) is 2. The largest absolute Gasteiger partial charge is 0.368 e. The van der Waals surface area contributed by atoms with Crippen LogP contribution in [0, 0.1) is 13.8 Å². The summed E-state index contributed by atoms with van der Waals surface area (Å²) >= 11 is 0. The van der Waals surface area contributed by atoms with E-state index in [9.17, 15) is 9.59 Å². The summed E-state index contributed by atoms with van der Waals surface area (Å²) in [5, 5.41) is 1.03. The quantitative estimate of drug-likeness (QED) is 0.747. The van der Waals surface area contributed by atoms with Crippen LogP contribution in [0.25, 0.3) is 10.9 Å². The second-order valence-electron chi connectivity index (χ2n) is 6.96. The van der Waals surface area contributed by atoms with E-state index in [2.05, 4.69) is 4.98 Å². The Hall–Kier alpha value is -3.08. The number of carbonyl (C=O) groups excluding carboxylic acids is 2. The number of fused-ring (bicyclic) bond motifs is 2. The molecular formula is C21H21N3O2. The zero-order chi connectivity index (χ0) is 18.4. The second-order valence-corrected chi connectivity index (χ2v) is 6.96. The van der Waals surface area contributed by atoms with Crippen molar-refractivity contribution in [3.8, 4) is 0 Å². The molecule has 2 aromatic carbocycles. The molecule has 3 N–H and O–H groups in total. The maximum Gasteiger partial charge on any atom is 0.254 e. The van der Waals surface area contributed by atoms with Crippen molar-refractivity contribution in [2.24, 2.45) is 5.73 Å². The third-order valence-electron chi connectivity index (χ3n) is 5.39. The zero-order valence-corrected chi connectivity index (χ0v) is 14.9. The number of primary amides is 1. The van der Waals surface area contributed by atoms with Gasteiger partial charge in [0.05, 0.1) is 0 Å². The molecule has 5 nitrogen and oxygen atoms in total. The van der Waals surface area contributed by atoms with Gasteiger partial charge in [0, 0.05) is 35.1 Å². The van der Waals surface area contributed by atoms with Gasteiger partial charge in [0.15, 0.2) is 0 Å². The molecule has 0 saturated carbocycles. The van der Waals surface area contributed by atoms with E-state index in [1.165, 1.54) is 0 Å². The van der Waals surface area contributed by atoms with Gasteiger partial charge in [-0.15, -0.1) is 0 Å². The molecule has 0 radical (unpaired) electrons. The number of H-pyrrole nitrogens is 1. The molecule has 26 heavy (non-hydrogen) atoms. The number of nitrogens with zero attached hydrogens (tertiary/aromatic N) is 1. The van der Waals surface area contributed by atoms with Gasteiger partial charge >= 0.3 is 0 Å². The maximum atomic E-state index is 13.2. The molecule has 0 fully saturated rings. The summed E-state index contributed by atoms with van der Waals surface area (Å²) in [7, 11) is 0. The average Bonchev–Trinajstić information content (AvgIpc) is 2.93. The summed E-state index contributed by atoms with van der Waals surface area (Å²) in [6, 6.07) is 12.9. The summed E-state index contributed by atoms with van der Waals surface area (Å²) in [6.45, 7) is 4.44. The Morgan fingerprint density at radius 2 is 1.85 bits per heavy atom. The lowest BCUT2D eigenvalue weighted by molar-refractivity contribution is -0.122. The monoisotopic (exact) mass is 347 g/mol. The molecular weight excluding hydrogens is 326 g/mol. The Kier molecular flexibility index (Phi) is 3.80. The normalized spacial score (nSPS) is 16.5. The van der Waals surface area contributed by atoms with Gasteiger partial charge in [-0.3, -0.25) is 9.59 Å². The minimum atomic E-state index is -0.623. The van der Waals surface area contributed by atoms with Crippen molar-refractivity contribution < 1.29 is 9.59 Å². The van der Waals surface area contributed by atoms with Gasteiger partial charge in [0.25, 0.3) is 5.91 Å². The number of nitrogens with two attached hydrogens (primary N) is 1. The van der Waals surface area contributed by atoms with Gasteiger partial charge in [-0.25, -0.2) is 0 Å². The molecule has 3 aromatic rings. The third-order valence-corrected chi connectivity index (χ3v) is 5.39. The van der Waals surface area contributed by atoms with Crippen LogP contribution in [0.3, 0.4) is 0 Å². The Bertz CT molecular complexity index is 1030. The van der Waals surface area contributed by atoms with E-state index in [1.54, 1.807) is 11.0 Å². The number of amides is 2. The first-order chi connectivity index (χ1) is 12.5. The Morgan fingerprint density at radius 1 is 1.12 bits per heavy atom. The summed E-state index contributed by atoms with van der Waals surface area (Å²) in [5.74, 6) is -0.633. The highest BCUT2D eigenvalue weighted by molar-refractivity contribution is 6.01. The molecule has 0 unspecified atom stereocenters. The maximum absolute atomic E-state index is 13.2. The molecule has 0 bridgehead atoms. The van der Waals surface area contributed by atoms with E-state index in [4.69, 9.17) is 5.73 Å². The van der Waals surface area contributed by atoms with Gasteiger partial charge < -0.3 is 15.6 Å². The Balaban J connectivity index is 1.74. The standard InChI is InChI=1S/C21H21N3O2/c1-12-13(2)23-18-8-7-15(9-17(12)18)21(26)24-11-16-6-4-3-5-14(16)10-19(24)20(22)25/h3-9,19,23H,10-11H2,1-2H3,(H2,22,25)/t19-/m1/s1. The van der Waals surface area contributed by atoms with Gasteiger partial charge in [-0.2, -0.15) is 0 Å². The summed E-state index contributed by atoms with van der Waals surface area (Å²) in [6.07, 6.45) is 0.460.